The molecule has 0 N–H and O–H groups in total. The summed E-state index contributed by atoms with van der Waals surface area (Å²) < 4.78 is 6.51. The van der Waals surface area contributed by atoms with Crippen molar-refractivity contribution in [1.29, 1.82) is 0 Å². The minimum atomic E-state index is 0.0822. The minimum Gasteiger partial charge on any atom is -0.366 e. The fourth-order valence-electron chi connectivity index (χ4n) is 8.84. The first-order chi connectivity index (χ1) is 13.2. The predicted octanol–water partition coefficient (Wildman–Crippen LogP) is 5.74. The Morgan fingerprint density at radius 1 is 1.11 bits per heavy atom. The van der Waals surface area contributed by atoms with E-state index in [1.165, 1.54) is 69.9 Å². The highest BCUT2D eigenvalue weighted by atomic mass is 16.5. The number of aliphatic imine (C=N–C) groups is 1. The molecule has 146 valence electrons. The third-order valence-electron chi connectivity index (χ3n) is 10.2. The van der Waals surface area contributed by atoms with Crippen LogP contribution in [0.1, 0.15) is 71.1 Å². The largest absolute Gasteiger partial charge is 0.366 e. The van der Waals surface area contributed by atoms with Crippen molar-refractivity contribution in [1.82, 2.24) is 0 Å². The maximum Gasteiger partial charge on any atom is 0.0926 e. The van der Waals surface area contributed by atoms with Gasteiger partial charge in [-0.3, -0.25) is 4.99 Å². The van der Waals surface area contributed by atoms with E-state index in [-0.39, 0.29) is 5.60 Å². The zero-order valence-electron chi connectivity index (χ0n) is 17.2. The van der Waals surface area contributed by atoms with E-state index in [4.69, 9.17) is 4.74 Å². The summed E-state index contributed by atoms with van der Waals surface area (Å²) in [7, 11) is 1.99. The molecule has 6 atom stereocenters. The highest BCUT2D eigenvalue weighted by molar-refractivity contribution is 5.96. The summed E-state index contributed by atoms with van der Waals surface area (Å²) in [6.45, 7) is 3.31. The van der Waals surface area contributed by atoms with Crippen molar-refractivity contribution in [2.45, 2.75) is 76.7 Å². The molecule has 2 spiro atoms. The third-order valence-corrected chi connectivity index (χ3v) is 10.2. The van der Waals surface area contributed by atoms with Gasteiger partial charge >= 0.3 is 0 Å². The van der Waals surface area contributed by atoms with Crippen molar-refractivity contribution in [2.75, 3.05) is 13.7 Å². The Labute approximate surface area is 164 Å². The minimum absolute atomic E-state index is 0.0822. The molecule has 2 nitrogen and oxygen atoms in total. The topological polar surface area (TPSA) is 21.6 Å². The average molecular weight is 366 g/mol. The van der Waals surface area contributed by atoms with Crippen molar-refractivity contribution in [3.63, 3.8) is 0 Å². The molecule has 5 aliphatic carbocycles. The van der Waals surface area contributed by atoms with Crippen LogP contribution >= 0.6 is 0 Å². The molecule has 0 radical (unpaired) electrons. The van der Waals surface area contributed by atoms with E-state index >= 15 is 0 Å². The molecule has 6 rings (SSSR count). The molecule has 27 heavy (non-hydrogen) atoms. The summed E-state index contributed by atoms with van der Waals surface area (Å²) in [5.74, 6) is 3.64. The van der Waals surface area contributed by atoms with Crippen LogP contribution in [0, 0.1) is 34.5 Å². The number of ether oxygens (including phenoxy) is 1. The lowest BCUT2D eigenvalue weighted by molar-refractivity contribution is -0.126. The van der Waals surface area contributed by atoms with Crippen LogP contribution in [0.2, 0.25) is 0 Å². The molecule has 5 unspecified atom stereocenters. The van der Waals surface area contributed by atoms with Gasteiger partial charge in [0.2, 0.25) is 0 Å². The van der Waals surface area contributed by atoms with Gasteiger partial charge in [-0.15, -0.1) is 0 Å². The Bertz CT molecular complexity index is 743. The quantitative estimate of drug-likeness (QED) is 0.543. The standard InChI is InChI=1S/C25H35NO/c1-3-24-10-7-18-19-6-5-17(26-2)15-22(19)23(12-13-23)16-20(18)21(24)8-11-25(24)9-4-14-27-25/h4,9,15,18-21H,3,5-8,10-14,16H2,1-2H3/t18?,19?,20?,21?,24?,25-/m0/s1. The predicted molar refractivity (Wildman–Crippen MR) is 110 cm³/mol. The SMILES string of the molecule is CCC12CCC3C4CCC(=NC)C=C4C4(CC4)CC3C1CC[C@@]21C=CCO1. The Morgan fingerprint density at radius 2 is 2.00 bits per heavy atom. The molecule has 4 fully saturated rings. The molecule has 2 heteroatoms. The highest BCUT2D eigenvalue weighted by Crippen LogP contribution is 2.73. The molecule has 0 aromatic carbocycles. The van der Waals surface area contributed by atoms with Crippen LogP contribution in [0.25, 0.3) is 0 Å². The number of hydrogen-bond acceptors (Lipinski definition) is 2. The number of hydrogen-bond donors (Lipinski definition) is 0. The lowest BCUT2D eigenvalue weighted by atomic mass is 9.47. The Balaban J connectivity index is 1.40. The molecule has 0 bridgehead atoms. The molecular formula is C25H35NO. The van der Waals surface area contributed by atoms with Crippen LogP contribution in [-0.4, -0.2) is 25.0 Å². The summed E-state index contributed by atoms with van der Waals surface area (Å²) in [6, 6.07) is 0. The van der Waals surface area contributed by atoms with Gasteiger partial charge in [-0.2, -0.15) is 0 Å². The van der Waals surface area contributed by atoms with E-state index in [1.54, 1.807) is 0 Å². The Morgan fingerprint density at radius 3 is 2.70 bits per heavy atom. The monoisotopic (exact) mass is 365 g/mol. The van der Waals surface area contributed by atoms with Gasteiger partial charge in [0.25, 0.3) is 0 Å². The van der Waals surface area contributed by atoms with Gasteiger partial charge in [-0.05, 0) is 99.4 Å². The maximum atomic E-state index is 6.51. The fourth-order valence-corrected chi connectivity index (χ4v) is 8.84. The molecule has 0 saturated heterocycles. The zero-order chi connectivity index (χ0) is 18.3. The lowest BCUT2D eigenvalue weighted by Crippen LogP contribution is -2.54. The van der Waals surface area contributed by atoms with E-state index < -0.39 is 0 Å². The molecule has 0 amide bonds. The molecule has 6 aliphatic rings. The third kappa shape index (κ3) is 2.04. The smallest absolute Gasteiger partial charge is 0.0926 e. The summed E-state index contributed by atoms with van der Waals surface area (Å²) >= 11 is 0. The number of allylic oxidation sites excluding steroid dienone is 2. The van der Waals surface area contributed by atoms with Crippen molar-refractivity contribution in [3.8, 4) is 0 Å². The van der Waals surface area contributed by atoms with Crippen molar-refractivity contribution in [2.24, 2.45) is 39.5 Å². The van der Waals surface area contributed by atoms with Gasteiger partial charge in [0.1, 0.15) is 0 Å². The second-order valence-corrected chi connectivity index (χ2v) is 10.6. The van der Waals surface area contributed by atoms with Crippen molar-refractivity contribution in [3.05, 3.63) is 23.8 Å². The van der Waals surface area contributed by atoms with Crippen LogP contribution in [0.5, 0.6) is 0 Å². The molecular weight excluding hydrogens is 330 g/mol. The lowest BCUT2D eigenvalue weighted by Gasteiger charge is -2.58. The van der Waals surface area contributed by atoms with Gasteiger partial charge in [0.15, 0.2) is 0 Å². The average Bonchev–Trinajstić information content (AvgIpc) is 3.18. The Hall–Kier alpha value is -0.890. The highest BCUT2D eigenvalue weighted by Gasteiger charge is 2.67. The molecule has 4 saturated carbocycles. The molecule has 1 heterocycles. The summed E-state index contributed by atoms with van der Waals surface area (Å²) in [4.78, 5) is 4.58. The molecule has 0 aromatic heterocycles. The van der Waals surface area contributed by atoms with E-state index in [1.807, 2.05) is 12.6 Å². The van der Waals surface area contributed by atoms with Crippen molar-refractivity contribution >= 4 is 5.71 Å². The summed E-state index contributed by atoms with van der Waals surface area (Å²) in [5.41, 5.74) is 4.28. The first-order valence-electron chi connectivity index (χ1n) is 11.7. The van der Waals surface area contributed by atoms with Gasteiger partial charge < -0.3 is 4.74 Å². The zero-order valence-corrected chi connectivity index (χ0v) is 17.2. The fraction of sp³-hybridized carbons (Fsp3) is 0.800. The van der Waals surface area contributed by atoms with Crippen LogP contribution in [-0.2, 0) is 4.74 Å². The van der Waals surface area contributed by atoms with Gasteiger partial charge in [-0.1, -0.05) is 24.6 Å². The number of rotatable bonds is 1. The normalized spacial score (nSPS) is 50.6. The van der Waals surface area contributed by atoms with Gasteiger partial charge in [0, 0.05) is 18.2 Å². The van der Waals surface area contributed by atoms with E-state index in [0.29, 0.717) is 10.8 Å². The number of fused-ring (bicyclic) bond motifs is 7. The second kappa shape index (κ2) is 5.59. The molecule has 1 aliphatic heterocycles. The second-order valence-electron chi connectivity index (χ2n) is 10.6. The van der Waals surface area contributed by atoms with Crippen LogP contribution < -0.4 is 0 Å². The van der Waals surface area contributed by atoms with Crippen LogP contribution in [0.4, 0.5) is 0 Å². The Kier molecular flexibility index (Phi) is 3.52. The first-order valence-corrected chi connectivity index (χ1v) is 11.7. The number of nitrogens with zero attached hydrogens (tertiary/aromatic N) is 1. The van der Waals surface area contributed by atoms with Gasteiger partial charge in [-0.25, -0.2) is 0 Å². The van der Waals surface area contributed by atoms with Crippen LogP contribution in [0.3, 0.4) is 0 Å². The van der Waals surface area contributed by atoms with E-state index in [0.717, 1.165) is 30.3 Å². The van der Waals surface area contributed by atoms with E-state index in [2.05, 4.69) is 30.1 Å². The summed E-state index contributed by atoms with van der Waals surface area (Å²) in [5, 5.41) is 0. The summed E-state index contributed by atoms with van der Waals surface area (Å²) in [6.07, 6.45) is 21.1. The van der Waals surface area contributed by atoms with Gasteiger partial charge in [0.05, 0.1) is 12.2 Å². The van der Waals surface area contributed by atoms with Crippen molar-refractivity contribution < 1.29 is 4.74 Å². The molecule has 0 aromatic rings. The first kappa shape index (κ1) is 17.0. The maximum absolute atomic E-state index is 6.51. The van der Waals surface area contributed by atoms with Crippen LogP contribution in [0.15, 0.2) is 28.8 Å². The van der Waals surface area contributed by atoms with E-state index in [9.17, 15) is 0 Å².